The summed E-state index contributed by atoms with van der Waals surface area (Å²) >= 11 is 0. The van der Waals surface area contributed by atoms with Crippen LogP contribution in [-0.2, 0) is 20.4 Å². The van der Waals surface area contributed by atoms with Crippen LogP contribution in [0.25, 0.3) is 0 Å². The molecule has 1 N–H and O–H groups in total. The van der Waals surface area contributed by atoms with Crippen molar-refractivity contribution in [2.75, 3.05) is 7.11 Å². The van der Waals surface area contributed by atoms with Crippen LogP contribution < -0.4 is 0 Å². The minimum Gasteiger partial charge on any atom is -0.466 e. The van der Waals surface area contributed by atoms with Gasteiger partial charge in [-0.3, -0.25) is 5.41 Å². The van der Waals surface area contributed by atoms with Gasteiger partial charge in [-0.25, -0.2) is 4.79 Å². The van der Waals surface area contributed by atoms with Gasteiger partial charge in [0.15, 0.2) is 0 Å². The van der Waals surface area contributed by atoms with E-state index in [1.54, 1.807) is 0 Å². The zero-order chi connectivity index (χ0) is 18.1. The molecule has 2 unspecified atom stereocenters. The van der Waals surface area contributed by atoms with Crippen molar-refractivity contribution in [2.24, 2.45) is 5.92 Å². The lowest BCUT2D eigenvalue weighted by atomic mass is 9.78. The first-order valence-corrected chi connectivity index (χ1v) is 6.82. The lowest BCUT2D eigenvalue weighted by Gasteiger charge is -2.30. The molecule has 0 radical (unpaired) electrons. The van der Waals surface area contributed by atoms with Crippen molar-refractivity contribution in [3.8, 4) is 6.07 Å². The van der Waals surface area contributed by atoms with Gasteiger partial charge in [-0.05, 0) is 24.6 Å². The minimum absolute atomic E-state index is 0.0137. The molecule has 1 aliphatic rings. The number of ether oxygens (including phenoxy) is 2. The first kappa shape index (κ1) is 17.5. The van der Waals surface area contributed by atoms with Crippen molar-refractivity contribution < 1.29 is 27.4 Å². The van der Waals surface area contributed by atoms with Crippen LogP contribution in [0.1, 0.15) is 24.0 Å². The number of esters is 1. The summed E-state index contributed by atoms with van der Waals surface area (Å²) < 4.78 is 47.9. The Kier molecular flexibility index (Phi) is 4.64. The summed E-state index contributed by atoms with van der Waals surface area (Å²) in [5.74, 6) is -3.12. The summed E-state index contributed by atoms with van der Waals surface area (Å²) in [5, 5.41) is 17.1. The summed E-state index contributed by atoms with van der Waals surface area (Å²) in [6.07, 6.45) is -4.49. The van der Waals surface area contributed by atoms with Crippen molar-refractivity contribution in [1.82, 2.24) is 0 Å². The summed E-state index contributed by atoms with van der Waals surface area (Å²) in [6.45, 7) is 1.44. The molecule has 2 atom stereocenters. The molecule has 0 saturated heterocycles. The van der Waals surface area contributed by atoms with Gasteiger partial charge in [0, 0.05) is 5.92 Å². The lowest BCUT2D eigenvalue weighted by molar-refractivity contribution is -0.138. The first-order chi connectivity index (χ1) is 11.2. The van der Waals surface area contributed by atoms with Crippen molar-refractivity contribution in [2.45, 2.75) is 19.0 Å². The van der Waals surface area contributed by atoms with Gasteiger partial charge in [0.2, 0.25) is 5.90 Å². The number of allylic oxidation sites excluding steroid dienone is 1. The lowest BCUT2D eigenvalue weighted by Crippen LogP contribution is -2.32. The Bertz CT molecular complexity index is 745. The summed E-state index contributed by atoms with van der Waals surface area (Å²) in [6, 6.07) is 5.97. The van der Waals surface area contributed by atoms with Gasteiger partial charge in [0.05, 0.1) is 24.3 Å². The number of benzene rings is 1. The van der Waals surface area contributed by atoms with Gasteiger partial charge in [0.25, 0.3) is 0 Å². The summed E-state index contributed by atoms with van der Waals surface area (Å²) in [7, 11) is 1.15. The Balaban J connectivity index is 2.57. The predicted molar refractivity (Wildman–Crippen MR) is 76.8 cm³/mol. The molecule has 1 aromatic carbocycles. The van der Waals surface area contributed by atoms with E-state index < -0.39 is 29.5 Å². The van der Waals surface area contributed by atoms with Crippen molar-refractivity contribution >= 4 is 11.9 Å². The number of alkyl halides is 3. The second-order valence-corrected chi connectivity index (χ2v) is 5.13. The highest BCUT2D eigenvalue weighted by molar-refractivity contribution is 5.95. The quantitative estimate of drug-likeness (QED) is 0.838. The van der Waals surface area contributed by atoms with Gasteiger partial charge >= 0.3 is 12.1 Å². The van der Waals surface area contributed by atoms with E-state index in [0.29, 0.717) is 5.56 Å². The van der Waals surface area contributed by atoms with Crippen LogP contribution in [0.5, 0.6) is 0 Å². The van der Waals surface area contributed by atoms with Gasteiger partial charge in [-0.15, -0.1) is 0 Å². The van der Waals surface area contributed by atoms with Crippen LogP contribution in [0.2, 0.25) is 0 Å². The van der Waals surface area contributed by atoms with Crippen molar-refractivity contribution in [3.63, 3.8) is 0 Å². The maximum Gasteiger partial charge on any atom is 0.416 e. The molecule has 8 heteroatoms. The number of halogens is 3. The van der Waals surface area contributed by atoms with Crippen LogP contribution in [0, 0.1) is 22.7 Å². The number of nitriles is 1. The third-order valence-electron chi connectivity index (χ3n) is 3.71. The molecule has 0 saturated carbocycles. The second kappa shape index (κ2) is 6.35. The maximum atomic E-state index is 12.7. The Hall–Kier alpha value is -2.82. The molecule has 0 aliphatic carbocycles. The van der Waals surface area contributed by atoms with Gasteiger partial charge < -0.3 is 9.47 Å². The molecule has 0 amide bonds. The molecular weight excluding hydrogens is 325 g/mol. The number of carbonyl (C=O) groups is 1. The third-order valence-corrected chi connectivity index (χ3v) is 3.71. The van der Waals surface area contributed by atoms with E-state index >= 15 is 0 Å². The predicted octanol–water partition coefficient (Wildman–Crippen LogP) is 3.38. The molecule has 1 aliphatic heterocycles. The van der Waals surface area contributed by atoms with Crippen molar-refractivity contribution in [3.05, 3.63) is 46.7 Å². The molecule has 126 valence electrons. The van der Waals surface area contributed by atoms with Crippen LogP contribution in [0.3, 0.4) is 0 Å². The topological polar surface area (TPSA) is 83.2 Å². The van der Waals surface area contributed by atoms with Crippen LogP contribution >= 0.6 is 0 Å². The highest BCUT2D eigenvalue weighted by atomic mass is 19.4. The molecule has 24 heavy (non-hydrogen) atoms. The average molecular weight is 338 g/mol. The van der Waals surface area contributed by atoms with Gasteiger partial charge in [-0.2, -0.15) is 18.4 Å². The second-order valence-electron chi connectivity index (χ2n) is 5.13. The van der Waals surface area contributed by atoms with Crippen LogP contribution in [0.4, 0.5) is 13.2 Å². The molecule has 1 heterocycles. The largest absolute Gasteiger partial charge is 0.466 e. The fraction of sp³-hybridized carbons (Fsp3) is 0.312. The number of nitrogens with one attached hydrogen (secondary N) is 1. The SMILES string of the molecule is COC(=O)C1=C(C)OC(=N)C(C#N)C1c1ccc(C(F)(F)F)cc1. The molecular formula is C16H13F3N2O3. The van der Waals surface area contributed by atoms with E-state index in [9.17, 15) is 23.2 Å². The maximum absolute atomic E-state index is 12.7. The third kappa shape index (κ3) is 3.11. The highest BCUT2D eigenvalue weighted by Gasteiger charge is 2.41. The summed E-state index contributed by atoms with van der Waals surface area (Å²) in [5.41, 5.74) is -0.538. The number of hydrogen-bond acceptors (Lipinski definition) is 5. The zero-order valence-corrected chi connectivity index (χ0v) is 12.8. The van der Waals surface area contributed by atoms with Gasteiger partial charge in [-0.1, -0.05) is 12.1 Å². The Morgan fingerprint density at radius 1 is 1.33 bits per heavy atom. The zero-order valence-electron chi connectivity index (χ0n) is 12.8. The fourth-order valence-electron chi connectivity index (χ4n) is 2.57. The fourth-order valence-corrected chi connectivity index (χ4v) is 2.57. The van der Waals surface area contributed by atoms with E-state index in [0.717, 1.165) is 19.2 Å². The molecule has 2 rings (SSSR count). The number of hydrogen-bond donors (Lipinski definition) is 1. The number of nitrogens with zero attached hydrogens (tertiary/aromatic N) is 1. The van der Waals surface area contributed by atoms with Crippen LogP contribution in [0.15, 0.2) is 35.6 Å². The molecule has 0 spiro atoms. The first-order valence-electron chi connectivity index (χ1n) is 6.82. The number of rotatable bonds is 2. The van der Waals surface area contributed by atoms with E-state index in [2.05, 4.69) is 4.74 Å². The highest BCUT2D eigenvalue weighted by Crippen LogP contribution is 2.40. The Labute approximate surface area is 135 Å². The Morgan fingerprint density at radius 3 is 2.38 bits per heavy atom. The average Bonchev–Trinajstić information content (AvgIpc) is 2.53. The molecule has 0 aromatic heterocycles. The molecule has 1 aromatic rings. The van der Waals surface area contributed by atoms with E-state index in [4.69, 9.17) is 10.1 Å². The smallest absolute Gasteiger partial charge is 0.416 e. The summed E-state index contributed by atoms with van der Waals surface area (Å²) in [4.78, 5) is 12.0. The normalized spacial score (nSPS) is 21.1. The Morgan fingerprint density at radius 2 is 1.92 bits per heavy atom. The van der Waals surface area contributed by atoms with Crippen LogP contribution in [-0.4, -0.2) is 19.0 Å². The van der Waals surface area contributed by atoms with Crippen molar-refractivity contribution in [1.29, 1.82) is 10.7 Å². The van der Waals surface area contributed by atoms with E-state index in [1.165, 1.54) is 19.1 Å². The minimum atomic E-state index is -4.49. The monoisotopic (exact) mass is 338 g/mol. The van der Waals surface area contributed by atoms with Gasteiger partial charge in [0.1, 0.15) is 11.7 Å². The number of methoxy groups -OCH3 is 1. The molecule has 0 fully saturated rings. The molecule has 5 nitrogen and oxygen atoms in total. The molecule has 0 bridgehead atoms. The van der Waals surface area contributed by atoms with E-state index in [-0.39, 0.29) is 17.2 Å². The number of carbonyl (C=O) groups excluding carboxylic acids is 1. The van der Waals surface area contributed by atoms with E-state index in [1.807, 2.05) is 6.07 Å². The standard InChI is InChI=1S/C16H13F3N2O3/c1-8-12(15(22)23-2)13(11(7-20)14(21)24-8)9-3-5-10(6-4-9)16(17,18)19/h3-6,11,13,21H,1-2H3.